The minimum atomic E-state index is -5.12. The van der Waals surface area contributed by atoms with E-state index >= 15 is 0 Å². The highest BCUT2D eigenvalue weighted by Gasteiger charge is 2.39. The van der Waals surface area contributed by atoms with Crippen LogP contribution in [-0.4, -0.2) is 38.9 Å². The molecule has 2 aromatic carbocycles. The van der Waals surface area contributed by atoms with E-state index in [9.17, 15) is 34.8 Å². The molecule has 1 aliphatic rings. The van der Waals surface area contributed by atoms with Gasteiger partial charge in [0.1, 0.15) is 0 Å². The zero-order valence-electron chi connectivity index (χ0n) is 16.7. The number of sulfonamides is 1. The van der Waals surface area contributed by atoms with Gasteiger partial charge in [-0.2, -0.15) is 30.6 Å². The number of nitrogens with zero attached hydrogens (tertiary/aromatic N) is 2. The number of anilines is 1. The van der Waals surface area contributed by atoms with Gasteiger partial charge in [-0.05, 0) is 43.2 Å². The fraction of sp³-hybridized carbons (Fsp3) is 0.400. The lowest BCUT2D eigenvalue weighted by molar-refractivity contribution is -0.143. The average molecular weight is 466 g/mol. The van der Waals surface area contributed by atoms with Gasteiger partial charge in [0, 0.05) is 31.9 Å². The SMILES string of the molecule is Cc1cccc(C)c1N1CCN(S(=O)(=O)c2cc(C(F)(F)F)cc(C(F)(F)F)c2)CC1. The lowest BCUT2D eigenvalue weighted by Gasteiger charge is -2.37. The Hall–Kier alpha value is -2.27. The molecule has 0 aromatic heterocycles. The average Bonchev–Trinajstić information content (AvgIpc) is 2.66. The summed E-state index contributed by atoms with van der Waals surface area (Å²) in [5, 5.41) is 0. The van der Waals surface area contributed by atoms with Crippen LogP contribution in [0.2, 0.25) is 0 Å². The van der Waals surface area contributed by atoms with Crippen LogP contribution < -0.4 is 4.90 Å². The third-order valence-corrected chi connectivity index (χ3v) is 7.07. The number of piperazine rings is 1. The van der Waals surface area contributed by atoms with Gasteiger partial charge in [-0.15, -0.1) is 0 Å². The summed E-state index contributed by atoms with van der Waals surface area (Å²) in [5.74, 6) is 0. The maximum Gasteiger partial charge on any atom is 0.416 e. The van der Waals surface area contributed by atoms with E-state index < -0.39 is 38.4 Å². The summed E-state index contributed by atoms with van der Waals surface area (Å²) in [6.07, 6.45) is -10.2. The first-order valence-corrected chi connectivity index (χ1v) is 10.8. The summed E-state index contributed by atoms with van der Waals surface area (Å²) in [7, 11) is -4.55. The topological polar surface area (TPSA) is 40.6 Å². The Morgan fingerprint density at radius 2 is 1.23 bits per heavy atom. The molecular weight excluding hydrogens is 446 g/mol. The standard InChI is InChI=1S/C20H20F6N2O2S/c1-13-4-3-5-14(2)18(13)27-6-8-28(9-7-27)31(29,30)17-11-15(19(21,22)23)10-16(12-17)20(24,25)26/h3-5,10-12H,6-9H2,1-2H3. The second kappa shape index (κ2) is 8.01. The van der Waals surface area contributed by atoms with E-state index in [-0.39, 0.29) is 44.4 Å². The van der Waals surface area contributed by atoms with Crippen LogP contribution in [0.15, 0.2) is 41.3 Å². The molecule has 0 atom stereocenters. The van der Waals surface area contributed by atoms with Crippen LogP contribution in [0.4, 0.5) is 32.0 Å². The zero-order valence-corrected chi connectivity index (χ0v) is 17.5. The number of alkyl halides is 6. The molecule has 1 aliphatic heterocycles. The van der Waals surface area contributed by atoms with Crippen LogP contribution >= 0.6 is 0 Å². The quantitative estimate of drug-likeness (QED) is 0.608. The first kappa shape index (κ1) is 23.4. The van der Waals surface area contributed by atoms with E-state index in [4.69, 9.17) is 0 Å². The van der Waals surface area contributed by atoms with Gasteiger partial charge in [-0.1, -0.05) is 18.2 Å². The van der Waals surface area contributed by atoms with Gasteiger partial charge in [0.2, 0.25) is 10.0 Å². The van der Waals surface area contributed by atoms with Gasteiger partial charge in [0.25, 0.3) is 0 Å². The predicted molar refractivity (Wildman–Crippen MR) is 103 cm³/mol. The highest BCUT2D eigenvalue weighted by Crippen LogP contribution is 2.38. The van der Waals surface area contributed by atoms with Crippen molar-refractivity contribution in [3.05, 3.63) is 58.7 Å². The number of benzene rings is 2. The van der Waals surface area contributed by atoms with Crippen molar-refractivity contribution in [2.24, 2.45) is 0 Å². The molecule has 2 aromatic rings. The molecule has 170 valence electrons. The number of aryl methyl sites for hydroxylation is 2. The molecule has 1 fully saturated rings. The third kappa shape index (κ3) is 4.82. The second-order valence-electron chi connectivity index (χ2n) is 7.37. The van der Waals surface area contributed by atoms with E-state index in [1.54, 1.807) is 0 Å². The molecule has 0 saturated carbocycles. The predicted octanol–water partition coefficient (Wildman–Crippen LogP) is 4.85. The van der Waals surface area contributed by atoms with Gasteiger partial charge < -0.3 is 4.90 Å². The smallest absolute Gasteiger partial charge is 0.368 e. The summed E-state index contributed by atoms with van der Waals surface area (Å²) >= 11 is 0. The Bertz CT molecular complexity index is 1020. The minimum absolute atomic E-state index is 0.0618. The summed E-state index contributed by atoms with van der Waals surface area (Å²) in [6, 6.07) is 6.13. The van der Waals surface area contributed by atoms with Crippen LogP contribution in [0, 0.1) is 13.8 Å². The lowest BCUT2D eigenvalue weighted by atomic mass is 10.1. The largest absolute Gasteiger partial charge is 0.416 e. The number of rotatable bonds is 3. The van der Waals surface area contributed by atoms with Gasteiger partial charge in [0.15, 0.2) is 0 Å². The fourth-order valence-electron chi connectivity index (χ4n) is 3.68. The molecule has 0 spiro atoms. The summed E-state index contributed by atoms with van der Waals surface area (Å²) in [6.45, 7) is 4.22. The van der Waals surface area contributed by atoms with E-state index in [0.29, 0.717) is 0 Å². The number of para-hydroxylation sites is 1. The van der Waals surface area contributed by atoms with Crippen LogP contribution in [0.3, 0.4) is 0 Å². The Labute approximate surface area is 176 Å². The van der Waals surface area contributed by atoms with Crippen molar-refractivity contribution < 1.29 is 34.8 Å². The molecule has 0 radical (unpaired) electrons. The van der Waals surface area contributed by atoms with Crippen molar-refractivity contribution in [3.63, 3.8) is 0 Å². The van der Waals surface area contributed by atoms with E-state index in [1.807, 2.05) is 36.9 Å². The summed E-state index contributed by atoms with van der Waals surface area (Å²) in [5.41, 5.74) is -0.392. The van der Waals surface area contributed by atoms with Crippen LogP contribution in [-0.2, 0) is 22.4 Å². The van der Waals surface area contributed by atoms with Crippen LogP contribution in [0.25, 0.3) is 0 Å². The molecule has 0 N–H and O–H groups in total. The van der Waals surface area contributed by atoms with Gasteiger partial charge in [-0.25, -0.2) is 8.42 Å². The van der Waals surface area contributed by atoms with Crippen molar-refractivity contribution in [2.45, 2.75) is 31.1 Å². The first-order valence-electron chi connectivity index (χ1n) is 9.32. The van der Waals surface area contributed by atoms with Crippen LogP contribution in [0.5, 0.6) is 0 Å². The molecule has 1 heterocycles. The lowest BCUT2D eigenvalue weighted by Crippen LogP contribution is -2.49. The molecule has 0 amide bonds. The highest BCUT2D eigenvalue weighted by molar-refractivity contribution is 7.89. The fourth-order valence-corrected chi connectivity index (χ4v) is 5.17. The summed E-state index contributed by atoms with van der Waals surface area (Å²) in [4.78, 5) is 0.944. The first-order chi connectivity index (χ1) is 14.2. The van der Waals surface area contributed by atoms with Gasteiger partial charge in [-0.3, -0.25) is 0 Å². The zero-order chi connectivity index (χ0) is 23.2. The molecule has 0 aliphatic carbocycles. The Kier molecular flexibility index (Phi) is 6.05. The monoisotopic (exact) mass is 466 g/mol. The molecule has 0 unspecified atom stereocenters. The molecule has 3 rings (SSSR count). The van der Waals surface area contributed by atoms with Crippen molar-refractivity contribution in [1.29, 1.82) is 0 Å². The summed E-state index contributed by atoms with van der Waals surface area (Å²) < 4.78 is 105. The molecule has 31 heavy (non-hydrogen) atoms. The minimum Gasteiger partial charge on any atom is -0.368 e. The number of hydrogen-bond acceptors (Lipinski definition) is 3. The second-order valence-corrected chi connectivity index (χ2v) is 9.31. The van der Waals surface area contributed by atoms with Crippen molar-refractivity contribution >= 4 is 15.7 Å². The molecule has 0 bridgehead atoms. The van der Waals surface area contributed by atoms with Crippen molar-refractivity contribution in [3.8, 4) is 0 Å². The van der Waals surface area contributed by atoms with Crippen LogP contribution in [0.1, 0.15) is 22.3 Å². The third-order valence-electron chi connectivity index (χ3n) is 5.19. The molecule has 11 heteroatoms. The molecule has 4 nitrogen and oxygen atoms in total. The van der Waals surface area contributed by atoms with E-state index in [2.05, 4.69) is 0 Å². The Morgan fingerprint density at radius 1 is 0.774 bits per heavy atom. The maximum absolute atomic E-state index is 13.1. The highest BCUT2D eigenvalue weighted by atomic mass is 32.2. The van der Waals surface area contributed by atoms with Crippen molar-refractivity contribution in [1.82, 2.24) is 4.31 Å². The van der Waals surface area contributed by atoms with Crippen molar-refractivity contribution in [2.75, 3.05) is 31.1 Å². The normalized spacial score (nSPS) is 16.6. The van der Waals surface area contributed by atoms with E-state index in [1.165, 1.54) is 0 Å². The molecular formula is C20H20F6N2O2S. The molecule has 1 saturated heterocycles. The van der Waals surface area contributed by atoms with E-state index in [0.717, 1.165) is 21.1 Å². The Morgan fingerprint density at radius 3 is 1.65 bits per heavy atom. The van der Waals surface area contributed by atoms with Gasteiger partial charge >= 0.3 is 12.4 Å². The Balaban J connectivity index is 1.91. The van der Waals surface area contributed by atoms with Gasteiger partial charge in [0.05, 0.1) is 16.0 Å². The number of halogens is 6. The number of hydrogen-bond donors (Lipinski definition) is 0. The maximum atomic E-state index is 13.1.